The fourth-order valence-electron chi connectivity index (χ4n) is 6.55. The van der Waals surface area contributed by atoms with Gasteiger partial charge < -0.3 is 5.53 Å². The van der Waals surface area contributed by atoms with Crippen LogP contribution < -0.4 is 0 Å². The third-order valence-corrected chi connectivity index (χ3v) is 9.12. The maximum atomic E-state index is 11.7. The van der Waals surface area contributed by atoms with Gasteiger partial charge in [0.2, 0.25) is 11.4 Å². The van der Waals surface area contributed by atoms with Crippen LogP contribution in [-0.2, 0) is 25.7 Å². The van der Waals surface area contributed by atoms with Crippen molar-refractivity contribution < 1.29 is 4.70 Å². The standard InChI is InChI=1S/C41H62N2/c1-6-10-14-16-18-20-24-36-27-34(22-12-8-3)29-38(30-36)40-26-33(5)41(43(40)42)39-31-35(23-13-9-4)28-37(32-39)25-21-19-17-15-11-7-2/h26-32H,6-25H2,1-5H3. The first-order valence-electron chi connectivity index (χ1n) is 18.2. The number of hydrogen-bond donors (Lipinski definition) is 0. The molecule has 2 aromatic carbocycles. The van der Waals surface area contributed by atoms with Crippen LogP contribution in [0.1, 0.15) is 171 Å². The molecule has 0 bridgehead atoms. The van der Waals surface area contributed by atoms with E-state index >= 15 is 0 Å². The number of benzene rings is 2. The molecule has 0 aromatic heterocycles. The Morgan fingerprint density at radius 3 is 1.28 bits per heavy atom. The zero-order valence-electron chi connectivity index (χ0n) is 28.6. The summed E-state index contributed by atoms with van der Waals surface area (Å²) >= 11 is 0. The Morgan fingerprint density at radius 2 is 0.837 bits per heavy atom. The van der Waals surface area contributed by atoms with Gasteiger partial charge in [0.25, 0.3) is 0 Å². The van der Waals surface area contributed by atoms with Crippen LogP contribution in [0.15, 0.2) is 48.0 Å². The number of unbranched alkanes of at least 4 members (excludes halogenated alkanes) is 12. The molecule has 43 heavy (non-hydrogen) atoms. The largest absolute Gasteiger partial charge is 0.493 e. The van der Waals surface area contributed by atoms with Crippen molar-refractivity contribution in [2.45, 2.75) is 163 Å². The maximum Gasteiger partial charge on any atom is 0.210 e. The number of nitrogens with zero attached hydrogens (tertiary/aromatic N) is 2. The van der Waals surface area contributed by atoms with Crippen LogP contribution in [0.4, 0.5) is 0 Å². The Morgan fingerprint density at radius 1 is 0.465 bits per heavy atom. The van der Waals surface area contributed by atoms with E-state index in [1.165, 1.54) is 130 Å². The Balaban J connectivity index is 1.80. The molecule has 0 saturated heterocycles. The van der Waals surface area contributed by atoms with E-state index in [4.69, 9.17) is 0 Å². The first-order chi connectivity index (χ1) is 21.0. The molecule has 1 heterocycles. The Hall–Kier alpha value is -2.48. The van der Waals surface area contributed by atoms with Gasteiger partial charge in [-0.05, 0) is 105 Å². The minimum Gasteiger partial charge on any atom is -0.493 e. The molecule has 1 aliphatic heterocycles. The first-order valence-corrected chi connectivity index (χ1v) is 18.2. The van der Waals surface area contributed by atoms with Crippen molar-refractivity contribution in [2.24, 2.45) is 0 Å². The summed E-state index contributed by atoms with van der Waals surface area (Å²) in [5, 5.41) is 0. The van der Waals surface area contributed by atoms with Gasteiger partial charge in [-0.3, -0.25) is 0 Å². The van der Waals surface area contributed by atoms with E-state index in [2.05, 4.69) is 77.1 Å². The number of rotatable bonds is 22. The van der Waals surface area contributed by atoms with E-state index < -0.39 is 0 Å². The van der Waals surface area contributed by atoms with Crippen LogP contribution in [0.5, 0.6) is 0 Å². The summed E-state index contributed by atoms with van der Waals surface area (Å²) in [6.45, 7) is 11.3. The normalized spacial score (nSPS) is 13.3. The molecular weight excluding hydrogens is 520 g/mol. The highest BCUT2D eigenvalue weighted by molar-refractivity contribution is 5.78. The topological polar surface area (TPSA) is 25.3 Å². The van der Waals surface area contributed by atoms with Crippen molar-refractivity contribution in [3.63, 3.8) is 0 Å². The van der Waals surface area contributed by atoms with Crippen molar-refractivity contribution in [3.8, 4) is 0 Å². The minimum atomic E-state index is 0.923. The number of allylic oxidation sites excluding steroid dienone is 2. The van der Waals surface area contributed by atoms with Gasteiger partial charge in [-0.2, -0.15) is 0 Å². The van der Waals surface area contributed by atoms with Crippen LogP contribution >= 0.6 is 0 Å². The summed E-state index contributed by atoms with van der Waals surface area (Å²) < 4.78 is 1.50. The quantitative estimate of drug-likeness (QED) is 0.0974. The fraction of sp³-hybridized carbons (Fsp3) is 0.610. The average Bonchev–Trinajstić information content (AvgIpc) is 3.31. The summed E-state index contributed by atoms with van der Waals surface area (Å²) in [5.41, 5.74) is 22.7. The van der Waals surface area contributed by atoms with E-state index in [1.54, 1.807) is 0 Å². The smallest absolute Gasteiger partial charge is 0.210 e. The fourth-order valence-corrected chi connectivity index (χ4v) is 6.55. The van der Waals surface area contributed by atoms with Crippen molar-refractivity contribution in [1.82, 2.24) is 0 Å². The molecular formula is C41H62N2. The van der Waals surface area contributed by atoms with E-state index in [9.17, 15) is 5.53 Å². The lowest BCUT2D eigenvalue weighted by Gasteiger charge is -2.14. The predicted molar refractivity (Wildman–Crippen MR) is 188 cm³/mol. The molecule has 2 aromatic rings. The monoisotopic (exact) mass is 582 g/mol. The van der Waals surface area contributed by atoms with Crippen molar-refractivity contribution in [1.29, 1.82) is 0 Å². The second kappa shape index (κ2) is 19.7. The van der Waals surface area contributed by atoms with Gasteiger partial charge in [-0.1, -0.05) is 117 Å². The molecule has 0 unspecified atom stereocenters. The Bertz CT molecular complexity index is 1200. The van der Waals surface area contributed by atoms with Crippen LogP contribution in [0, 0.1) is 0 Å². The third kappa shape index (κ3) is 11.5. The molecule has 2 nitrogen and oxygen atoms in total. The average molecular weight is 583 g/mol. The zero-order chi connectivity index (χ0) is 30.9. The molecule has 0 amide bonds. The SMILES string of the molecule is CCCCCCCCc1cc(CCCC)cc(C2=CC(C)=C(c3cc(CCCC)cc(CCCCCCCC)c3)[N+]2=[N-])c1. The summed E-state index contributed by atoms with van der Waals surface area (Å²) in [7, 11) is 0. The van der Waals surface area contributed by atoms with Crippen molar-refractivity contribution in [3.05, 3.63) is 87.0 Å². The summed E-state index contributed by atoms with van der Waals surface area (Å²) in [6, 6.07) is 14.2. The molecule has 0 N–H and O–H groups in total. The molecule has 2 heteroatoms. The van der Waals surface area contributed by atoms with Gasteiger partial charge in [0.15, 0.2) is 0 Å². The van der Waals surface area contributed by atoms with Gasteiger partial charge in [0.05, 0.1) is 0 Å². The summed E-state index contributed by atoms with van der Waals surface area (Å²) in [5.74, 6) is 0. The molecule has 0 atom stereocenters. The molecule has 0 aliphatic carbocycles. The van der Waals surface area contributed by atoms with Gasteiger partial charge >= 0.3 is 0 Å². The lowest BCUT2D eigenvalue weighted by atomic mass is 9.96. The Kier molecular flexibility index (Phi) is 16.1. The second-order valence-electron chi connectivity index (χ2n) is 13.2. The number of hydrogen-bond acceptors (Lipinski definition) is 0. The van der Waals surface area contributed by atoms with E-state index in [-0.39, 0.29) is 0 Å². The molecule has 1 aliphatic rings. The van der Waals surface area contributed by atoms with Crippen LogP contribution in [0.2, 0.25) is 0 Å². The maximum absolute atomic E-state index is 11.7. The van der Waals surface area contributed by atoms with Crippen LogP contribution in [-0.4, -0.2) is 4.70 Å². The van der Waals surface area contributed by atoms with Gasteiger partial charge in [-0.25, -0.2) is 4.70 Å². The number of aryl methyl sites for hydroxylation is 4. The van der Waals surface area contributed by atoms with E-state index in [1.807, 2.05) is 0 Å². The molecule has 0 radical (unpaired) electrons. The molecule has 0 saturated carbocycles. The lowest BCUT2D eigenvalue weighted by molar-refractivity contribution is -0.344. The van der Waals surface area contributed by atoms with E-state index in [0.29, 0.717) is 0 Å². The summed E-state index contributed by atoms with van der Waals surface area (Å²) in [4.78, 5) is 0. The summed E-state index contributed by atoms with van der Waals surface area (Å²) in [6.07, 6.45) is 27.3. The minimum absolute atomic E-state index is 0.923. The molecule has 236 valence electrons. The van der Waals surface area contributed by atoms with Crippen molar-refractivity contribution >= 4 is 11.4 Å². The third-order valence-electron chi connectivity index (χ3n) is 9.12. The lowest BCUT2D eigenvalue weighted by Crippen LogP contribution is -2.05. The second-order valence-corrected chi connectivity index (χ2v) is 13.2. The highest BCUT2D eigenvalue weighted by Gasteiger charge is 2.28. The predicted octanol–water partition coefficient (Wildman–Crippen LogP) is 13.0. The van der Waals surface area contributed by atoms with Crippen LogP contribution in [0.25, 0.3) is 16.9 Å². The van der Waals surface area contributed by atoms with E-state index in [0.717, 1.165) is 53.8 Å². The highest BCUT2D eigenvalue weighted by Crippen LogP contribution is 2.37. The first kappa shape index (κ1) is 35.0. The Labute approximate surface area is 265 Å². The molecule has 3 rings (SSSR count). The zero-order valence-corrected chi connectivity index (χ0v) is 28.6. The van der Waals surface area contributed by atoms with Gasteiger partial charge in [-0.15, -0.1) is 0 Å². The molecule has 0 fully saturated rings. The van der Waals surface area contributed by atoms with Crippen molar-refractivity contribution in [2.75, 3.05) is 0 Å². The molecule has 0 spiro atoms. The highest BCUT2D eigenvalue weighted by atomic mass is 15.2. The van der Waals surface area contributed by atoms with Crippen LogP contribution in [0.3, 0.4) is 0 Å². The van der Waals surface area contributed by atoms with Gasteiger partial charge in [0, 0.05) is 22.8 Å². The van der Waals surface area contributed by atoms with Gasteiger partial charge in [0.1, 0.15) is 0 Å².